The van der Waals surface area contributed by atoms with Gasteiger partial charge in [-0.15, -0.1) is 0 Å². The molecule has 2 heterocycles. The molecular weight excluding hydrogens is 514 g/mol. The van der Waals surface area contributed by atoms with Crippen LogP contribution in [0.25, 0.3) is 16.9 Å². The number of nitro groups is 1. The number of ether oxygens (including phenoxy) is 3. The van der Waals surface area contributed by atoms with Gasteiger partial charge in [-0.05, 0) is 54.6 Å². The van der Waals surface area contributed by atoms with Crippen LogP contribution < -0.4 is 19.1 Å². The molecule has 0 unspecified atom stereocenters. The number of piperazine rings is 1. The fourth-order valence-corrected chi connectivity index (χ4v) is 4.71. The number of nitrogens with zero attached hydrogens (tertiary/aromatic N) is 5. The molecule has 5 rings (SSSR count). The molecule has 4 aromatic rings. The quantitative estimate of drug-likeness (QED) is 0.237. The SMILES string of the molecule is COc1ccc(N2CCN(C(=O)c3cc(-c4ccc(OC)cc4OC)nn3-c3ccc([N+](=O)[O-])cc3)CC2)cc1. The summed E-state index contributed by atoms with van der Waals surface area (Å²) in [5.74, 6) is 1.78. The lowest BCUT2D eigenvalue weighted by Gasteiger charge is -2.36. The van der Waals surface area contributed by atoms with Gasteiger partial charge in [-0.25, -0.2) is 4.68 Å². The van der Waals surface area contributed by atoms with Gasteiger partial charge in [0.05, 0.1) is 37.6 Å². The van der Waals surface area contributed by atoms with Crippen LogP contribution in [0.3, 0.4) is 0 Å². The smallest absolute Gasteiger partial charge is 0.272 e. The Labute approximate surface area is 231 Å². The van der Waals surface area contributed by atoms with Crippen LogP contribution in [0.4, 0.5) is 11.4 Å². The van der Waals surface area contributed by atoms with Gasteiger partial charge in [-0.3, -0.25) is 14.9 Å². The van der Waals surface area contributed by atoms with E-state index >= 15 is 0 Å². The molecule has 1 amide bonds. The third-order valence-corrected chi connectivity index (χ3v) is 6.92. The summed E-state index contributed by atoms with van der Waals surface area (Å²) in [6.45, 7) is 2.39. The molecule has 11 nitrogen and oxygen atoms in total. The highest BCUT2D eigenvalue weighted by Gasteiger charge is 2.27. The molecule has 1 saturated heterocycles. The molecule has 0 atom stereocenters. The van der Waals surface area contributed by atoms with Gasteiger partial charge in [0.25, 0.3) is 11.6 Å². The average Bonchev–Trinajstić information content (AvgIpc) is 3.45. The molecule has 0 aliphatic carbocycles. The molecule has 1 aliphatic rings. The van der Waals surface area contributed by atoms with E-state index in [0.29, 0.717) is 60.3 Å². The van der Waals surface area contributed by atoms with Crippen molar-refractivity contribution in [2.45, 2.75) is 0 Å². The van der Waals surface area contributed by atoms with E-state index in [1.54, 1.807) is 56.6 Å². The first-order valence-corrected chi connectivity index (χ1v) is 12.7. The molecule has 11 heteroatoms. The third kappa shape index (κ3) is 5.26. The number of benzene rings is 3. The van der Waals surface area contributed by atoms with Crippen LogP contribution in [0.15, 0.2) is 72.8 Å². The summed E-state index contributed by atoms with van der Waals surface area (Å²) in [5.41, 5.74) is 3.11. The van der Waals surface area contributed by atoms with Crippen LogP contribution >= 0.6 is 0 Å². The second kappa shape index (κ2) is 11.4. The Hall–Kier alpha value is -5.06. The zero-order valence-electron chi connectivity index (χ0n) is 22.4. The van der Waals surface area contributed by atoms with Crippen LogP contribution in [-0.4, -0.2) is 73.0 Å². The first-order valence-electron chi connectivity index (χ1n) is 12.7. The Morgan fingerprint density at radius 1 is 0.800 bits per heavy atom. The van der Waals surface area contributed by atoms with Gasteiger partial charge in [0.15, 0.2) is 0 Å². The average molecular weight is 544 g/mol. The van der Waals surface area contributed by atoms with Crippen molar-refractivity contribution in [1.29, 1.82) is 0 Å². The van der Waals surface area contributed by atoms with Crippen LogP contribution in [0.2, 0.25) is 0 Å². The highest BCUT2D eigenvalue weighted by molar-refractivity contribution is 5.95. The highest BCUT2D eigenvalue weighted by atomic mass is 16.6. The Kier molecular flexibility index (Phi) is 7.54. The second-order valence-electron chi connectivity index (χ2n) is 9.14. The van der Waals surface area contributed by atoms with E-state index in [1.807, 2.05) is 30.3 Å². The van der Waals surface area contributed by atoms with Crippen LogP contribution in [0, 0.1) is 10.1 Å². The Morgan fingerprint density at radius 2 is 1.43 bits per heavy atom. The number of nitro benzene ring substituents is 1. The zero-order chi connectivity index (χ0) is 28.2. The predicted octanol–water partition coefficient (Wildman–Crippen LogP) is 4.44. The zero-order valence-corrected chi connectivity index (χ0v) is 22.4. The highest BCUT2D eigenvalue weighted by Crippen LogP contribution is 2.34. The Morgan fingerprint density at radius 3 is 2.02 bits per heavy atom. The summed E-state index contributed by atoms with van der Waals surface area (Å²) in [6, 6.07) is 20.9. The first kappa shape index (κ1) is 26.5. The summed E-state index contributed by atoms with van der Waals surface area (Å²) in [5, 5.41) is 15.9. The fourth-order valence-electron chi connectivity index (χ4n) is 4.71. The van der Waals surface area contributed by atoms with Crippen molar-refractivity contribution in [2.75, 3.05) is 52.4 Å². The second-order valence-corrected chi connectivity index (χ2v) is 9.14. The number of non-ortho nitro benzene ring substituents is 1. The predicted molar refractivity (Wildman–Crippen MR) is 150 cm³/mol. The van der Waals surface area contributed by atoms with E-state index in [4.69, 9.17) is 19.3 Å². The molecule has 0 spiro atoms. The first-order chi connectivity index (χ1) is 19.4. The van der Waals surface area contributed by atoms with Gasteiger partial charge < -0.3 is 24.0 Å². The molecule has 0 radical (unpaired) electrons. The number of carbonyl (C=O) groups excluding carboxylic acids is 1. The van der Waals surface area contributed by atoms with Gasteiger partial charge in [0, 0.05) is 55.6 Å². The molecular formula is C29H29N5O6. The van der Waals surface area contributed by atoms with Crippen molar-refractivity contribution in [1.82, 2.24) is 14.7 Å². The minimum Gasteiger partial charge on any atom is -0.497 e. The van der Waals surface area contributed by atoms with Crippen molar-refractivity contribution >= 4 is 17.3 Å². The monoisotopic (exact) mass is 543 g/mol. The van der Waals surface area contributed by atoms with Gasteiger partial charge in [-0.1, -0.05) is 0 Å². The maximum absolute atomic E-state index is 13.9. The van der Waals surface area contributed by atoms with Crippen molar-refractivity contribution in [3.8, 4) is 34.2 Å². The van der Waals surface area contributed by atoms with Crippen LogP contribution in [-0.2, 0) is 0 Å². The molecule has 0 saturated carbocycles. The standard InChI is InChI=1S/C29H29N5O6/c1-38-23-10-8-20(9-11-23)31-14-16-32(17-15-31)29(35)27-19-26(25-13-12-24(39-2)18-28(25)40-3)30-33(27)21-4-6-22(7-5-21)34(36)37/h4-13,18-19H,14-17H2,1-3H3. The number of hydrogen-bond donors (Lipinski definition) is 0. The molecule has 40 heavy (non-hydrogen) atoms. The number of rotatable bonds is 8. The summed E-state index contributed by atoms with van der Waals surface area (Å²) in [6.07, 6.45) is 0. The number of anilines is 1. The minimum atomic E-state index is -0.463. The number of aromatic nitrogens is 2. The van der Waals surface area contributed by atoms with E-state index in [9.17, 15) is 14.9 Å². The molecule has 0 N–H and O–H groups in total. The topological polar surface area (TPSA) is 112 Å². The van der Waals surface area contributed by atoms with Crippen molar-refractivity contribution < 1.29 is 23.9 Å². The molecule has 206 valence electrons. The van der Waals surface area contributed by atoms with Crippen molar-refractivity contribution in [3.05, 3.63) is 88.6 Å². The maximum atomic E-state index is 13.9. The molecule has 3 aromatic carbocycles. The largest absolute Gasteiger partial charge is 0.497 e. The molecule has 1 aliphatic heterocycles. The normalized spacial score (nSPS) is 13.2. The van der Waals surface area contributed by atoms with E-state index in [-0.39, 0.29) is 11.6 Å². The number of methoxy groups -OCH3 is 3. The lowest BCUT2D eigenvalue weighted by molar-refractivity contribution is -0.384. The van der Waals surface area contributed by atoms with Crippen molar-refractivity contribution in [2.24, 2.45) is 0 Å². The van der Waals surface area contributed by atoms with E-state index < -0.39 is 4.92 Å². The van der Waals surface area contributed by atoms with Crippen LogP contribution in [0.1, 0.15) is 10.5 Å². The van der Waals surface area contributed by atoms with E-state index in [1.165, 1.54) is 16.8 Å². The molecule has 0 bridgehead atoms. The summed E-state index contributed by atoms with van der Waals surface area (Å²) >= 11 is 0. The van der Waals surface area contributed by atoms with Gasteiger partial charge in [0.1, 0.15) is 22.9 Å². The minimum absolute atomic E-state index is 0.0458. The lowest BCUT2D eigenvalue weighted by atomic mass is 10.1. The third-order valence-electron chi connectivity index (χ3n) is 6.92. The van der Waals surface area contributed by atoms with Gasteiger partial charge in [0.2, 0.25) is 0 Å². The lowest BCUT2D eigenvalue weighted by Crippen LogP contribution is -2.49. The van der Waals surface area contributed by atoms with E-state index in [0.717, 1.165) is 11.4 Å². The number of amides is 1. The van der Waals surface area contributed by atoms with Crippen LogP contribution in [0.5, 0.6) is 17.2 Å². The summed E-state index contributed by atoms with van der Waals surface area (Å²) in [4.78, 5) is 28.6. The maximum Gasteiger partial charge on any atom is 0.272 e. The van der Waals surface area contributed by atoms with Crippen molar-refractivity contribution in [3.63, 3.8) is 0 Å². The fraction of sp³-hybridized carbons (Fsp3) is 0.241. The summed E-state index contributed by atoms with van der Waals surface area (Å²) in [7, 11) is 4.76. The van der Waals surface area contributed by atoms with Gasteiger partial charge >= 0.3 is 0 Å². The number of carbonyl (C=O) groups is 1. The molecule has 1 fully saturated rings. The Bertz CT molecular complexity index is 1510. The summed E-state index contributed by atoms with van der Waals surface area (Å²) < 4.78 is 17.7. The molecule has 1 aromatic heterocycles. The number of hydrogen-bond acceptors (Lipinski definition) is 8. The Balaban J connectivity index is 1.46. The van der Waals surface area contributed by atoms with Gasteiger partial charge in [-0.2, -0.15) is 5.10 Å². The van der Waals surface area contributed by atoms with E-state index in [2.05, 4.69) is 4.90 Å².